The summed E-state index contributed by atoms with van der Waals surface area (Å²) in [5.41, 5.74) is 3.53. The summed E-state index contributed by atoms with van der Waals surface area (Å²) in [6.07, 6.45) is 3.89. The molecular formula is C27H36N2O4. The maximum atomic E-state index is 13.1. The molecule has 1 atom stereocenters. The zero-order valence-electron chi connectivity index (χ0n) is 20.2. The first-order valence-electron chi connectivity index (χ1n) is 11.9. The standard InChI is InChI=1S/C27H36N2O4/c1-5-33-24-17-20(13-14-22(24)27(31)32-4)18-25(30)28-26(19(2)3)21-11-7-8-12-23(21)29-15-9-6-10-16-29/h7-8,11-14,17,19,26H,5-6,9-10,15-16,18H2,1-4H3,(H,28,30). The number of esters is 1. The summed E-state index contributed by atoms with van der Waals surface area (Å²) in [6, 6.07) is 13.5. The summed E-state index contributed by atoms with van der Waals surface area (Å²) >= 11 is 0. The Hall–Kier alpha value is -3.02. The van der Waals surface area contributed by atoms with E-state index in [1.54, 1.807) is 18.2 Å². The van der Waals surface area contributed by atoms with Gasteiger partial charge in [-0.05, 0) is 61.4 Å². The van der Waals surface area contributed by atoms with Gasteiger partial charge in [0.05, 0.1) is 26.2 Å². The van der Waals surface area contributed by atoms with Gasteiger partial charge in [-0.15, -0.1) is 0 Å². The third-order valence-electron chi connectivity index (χ3n) is 6.07. The van der Waals surface area contributed by atoms with Crippen LogP contribution >= 0.6 is 0 Å². The van der Waals surface area contributed by atoms with Crippen molar-refractivity contribution in [1.29, 1.82) is 0 Å². The molecule has 178 valence electrons. The quantitative estimate of drug-likeness (QED) is 0.547. The molecule has 0 spiro atoms. The highest BCUT2D eigenvalue weighted by Gasteiger charge is 2.24. The number of para-hydroxylation sites is 1. The molecule has 1 fully saturated rings. The predicted molar refractivity (Wildman–Crippen MR) is 131 cm³/mol. The molecule has 1 aliphatic heterocycles. The highest BCUT2D eigenvalue weighted by Crippen LogP contribution is 2.32. The number of methoxy groups -OCH3 is 1. The second kappa shape index (κ2) is 11.7. The Morgan fingerprint density at radius 2 is 1.79 bits per heavy atom. The molecule has 1 amide bonds. The summed E-state index contributed by atoms with van der Waals surface area (Å²) in [4.78, 5) is 27.5. The monoisotopic (exact) mass is 452 g/mol. The zero-order chi connectivity index (χ0) is 23.8. The molecule has 1 unspecified atom stereocenters. The minimum Gasteiger partial charge on any atom is -0.493 e. The van der Waals surface area contributed by atoms with E-state index < -0.39 is 5.97 Å². The number of rotatable bonds is 9. The summed E-state index contributed by atoms with van der Waals surface area (Å²) < 4.78 is 10.4. The van der Waals surface area contributed by atoms with Gasteiger partial charge in [0.1, 0.15) is 11.3 Å². The zero-order valence-corrected chi connectivity index (χ0v) is 20.2. The summed E-state index contributed by atoms with van der Waals surface area (Å²) in [5, 5.41) is 3.26. The summed E-state index contributed by atoms with van der Waals surface area (Å²) in [6.45, 7) is 8.66. The fourth-order valence-electron chi connectivity index (χ4n) is 4.42. The first-order chi connectivity index (χ1) is 15.9. The smallest absolute Gasteiger partial charge is 0.341 e. The number of nitrogens with zero attached hydrogens (tertiary/aromatic N) is 1. The average molecular weight is 453 g/mol. The first kappa shape index (κ1) is 24.6. The van der Waals surface area contributed by atoms with Gasteiger partial charge >= 0.3 is 5.97 Å². The van der Waals surface area contributed by atoms with Gasteiger partial charge < -0.3 is 19.7 Å². The number of benzene rings is 2. The third-order valence-corrected chi connectivity index (χ3v) is 6.07. The van der Waals surface area contributed by atoms with Gasteiger partial charge in [-0.3, -0.25) is 4.79 Å². The number of ether oxygens (including phenoxy) is 2. The lowest BCUT2D eigenvalue weighted by molar-refractivity contribution is -0.121. The molecule has 1 heterocycles. The lowest BCUT2D eigenvalue weighted by atomic mass is 9.93. The van der Waals surface area contributed by atoms with Crippen molar-refractivity contribution >= 4 is 17.6 Å². The van der Waals surface area contributed by atoms with Crippen LogP contribution in [0.3, 0.4) is 0 Å². The predicted octanol–water partition coefficient (Wildman–Crippen LogP) is 4.92. The normalized spacial score (nSPS) is 14.6. The molecule has 1 aliphatic rings. The molecule has 1 N–H and O–H groups in total. The number of hydrogen-bond donors (Lipinski definition) is 1. The topological polar surface area (TPSA) is 67.9 Å². The van der Waals surface area contributed by atoms with Crippen molar-refractivity contribution in [2.45, 2.75) is 52.5 Å². The van der Waals surface area contributed by atoms with Gasteiger partial charge in [0.25, 0.3) is 0 Å². The lowest BCUT2D eigenvalue weighted by Crippen LogP contribution is -2.36. The van der Waals surface area contributed by atoms with Gasteiger partial charge in [-0.1, -0.05) is 38.1 Å². The van der Waals surface area contributed by atoms with Crippen LogP contribution in [0, 0.1) is 5.92 Å². The Kier molecular flexibility index (Phi) is 8.75. The molecule has 33 heavy (non-hydrogen) atoms. The van der Waals surface area contributed by atoms with E-state index in [9.17, 15) is 9.59 Å². The van der Waals surface area contributed by atoms with Crippen LogP contribution in [0.25, 0.3) is 0 Å². The van der Waals surface area contributed by atoms with E-state index >= 15 is 0 Å². The Morgan fingerprint density at radius 3 is 2.45 bits per heavy atom. The van der Waals surface area contributed by atoms with Gasteiger partial charge in [-0.25, -0.2) is 4.79 Å². The van der Waals surface area contributed by atoms with E-state index in [4.69, 9.17) is 9.47 Å². The average Bonchev–Trinajstić information content (AvgIpc) is 2.83. The molecule has 0 aromatic heterocycles. The van der Waals surface area contributed by atoms with Crippen molar-refractivity contribution in [3.05, 3.63) is 59.2 Å². The van der Waals surface area contributed by atoms with Crippen molar-refractivity contribution < 1.29 is 19.1 Å². The second-order valence-corrected chi connectivity index (χ2v) is 8.83. The fourth-order valence-corrected chi connectivity index (χ4v) is 4.42. The van der Waals surface area contributed by atoms with Crippen LogP contribution in [-0.4, -0.2) is 38.7 Å². The van der Waals surface area contributed by atoms with Crippen molar-refractivity contribution in [1.82, 2.24) is 5.32 Å². The molecule has 1 saturated heterocycles. The van der Waals surface area contributed by atoms with E-state index in [1.165, 1.54) is 37.6 Å². The van der Waals surface area contributed by atoms with Crippen LogP contribution in [0.5, 0.6) is 5.75 Å². The van der Waals surface area contributed by atoms with E-state index in [1.807, 2.05) is 13.0 Å². The highest BCUT2D eigenvalue weighted by atomic mass is 16.5. The summed E-state index contributed by atoms with van der Waals surface area (Å²) in [5.74, 6) is 0.158. The number of nitrogens with one attached hydrogen (secondary N) is 1. The Morgan fingerprint density at radius 1 is 1.06 bits per heavy atom. The molecular weight excluding hydrogens is 416 g/mol. The van der Waals surface area contributed by atoms with E-state index in [-0.39, 0.29) is 24.3 Å². The van der Waals surface area contributed by atoms with E-state index in [2.05, 4.69) is 42.3 Å². The minimum absolute atomic E-state index is 0.0598. The number of carbonyl (C=O) groups is 2. The maximum Gasteiger partial charge on any atom is 0.341 e. The van der Waals surface area contributed by atoms with Crippen molar-refractivity contribution in [3.63, 3.8) is 0 Å². The molecule has 2 aromatic carbocycles. The fraction of sp³-hybridized carbons (Fsp3) is 0.481. The van der Waals surface area contributed by atoms with Crippen molar-refractivity contribution in [3.8, 4) is 5.75 Å². The molecule has 0 bridgehead atoms. The van der Waals surface area contributed by atoms with Crippen molar-refractivity contribution in [2.75, 3.05) is 31.7 Å². The van der Waals surface area contributed by atoms with Crippen LogP contribution in [0.4, 0.5) is 5.69 Å². The van der Waals surface area contributed by atoms with E-state index in [0.29, 0.717) is 17.9 Å². The SMILES string of the molecule is CCOc1cc(CC(=O)NC(c2ccccc2N2CCCCC2)C(C)C)ccc1C(=O)OC. The second-order valence-electron chi connectivity index (χ2n) is 8.83. The first-order valence-corrected chi connectivity index (χ1v) is 11.9. The Bertz CT molecular complexity index is 951. The minimum atomic E-state index is -0.455. The Balaban J connectivity index is 1.78. The Labute approximate surface area is 197 Å². The van der Waals surface area contributed by atoms with Gasteiger partial charge in [0.15, 0.2) is 0 Å². The highest BCUT2D eigenvalue weighted by molar-refractivity contribution is 5.92. The molecule has 0 saturated carbocycles. The summed E-state index contributed by atoms with van der Waals surface area (Å²) in [7, 11) is 1.34. The number of amides is 1. The van der Waals surface area contributed by atoms with Crippen LogP contribution in [0.2, 0.25) is 0 Å². The third kappa shape index (κ3) is 6.28. The molecule has 2 aromatic rings. The maximum absolute atomic E-state index is 13.1. The molecule has 0 aliphatic carbocycles. The van der Waals surface area contributed by atoms with Crippen LogP contribution in [0.1, 0.15) is 67.6 Å². The number of anilines is 1. The van der Waals surface area contributed by atoms with Crippen molar-refractivity contribution in [2.24, 2.45) is 5.92 Å². The van der Waals surface area contributed by atoms with Gasteiger partial charge in [-0.2, -0.15) is 0 Å². The largest absolute Gasteiger partial charge is 0.493 e. The van der Waals surface area contributed by atoms with E-state index in [0.717, 1.165) is 18.7 Å². The van der Waals surface area contributed by atoms with Crippen LogP contribution < -0.4 is 15.0 Å². The van der Waals surface area contributed by atoms with Gasteiger partial charge in [0, 0.05) is 18.8 Å². The van der Waals surface area contributed by atoms with Crippen LogP contribution in [0.15, 0.2) is 42.5 Å². The van der Waals surface area contributed by atoms with Crippen LogP contribution in [-0.2, 0) is 16.0 Å². The molecule has 6 nitrogen and oxygen atoms in total. The van der Waals surface area contributed by atoms with Gasteiger partial charge in [0.2, 0.25) is 5.91 Å². The number of piperidine rings is 1. The molecule has 0 radical (unpaired) electrons. The lowest BCUT2D eigenvalue weighted by Gasteiger charge is -2.34. The number of carbonyl (C=O) groups excluding carboxylic acids is 2. The number of hydrogen-bond acceptors (Lipinski definition) is 5. The molecule has 3 rings (SSSR count). The molecule has 6 heteroatoms.